The highest BCUT2D eigenvalue weighted by atomic mass is 16.5. The minimum atomic E-state index is 0.392. The summed E-state index contributed by atoms with van der Waals surface area (Å²) in [5.41, 5.74) is 0. The molecule has 1 heterocycles. The summed E-state index contributed by atoms with van der Waals surface area (Å²) in [6, 6.07) is 0. The molecule has 58 valence electrons. The molecular weight excluding hydrogens is 126 g/mol. The van der Waals surface area contributed by atoms with Crippen molar-refractivity contribution >= 4 is 0 Å². The zero-order valence-corrected chi connectivity index (χ0v) is 6.47. The molecule has 2 unspecified atom stereocenters. The number of ether oxygens (including phenoxy) is 1. The van der Waals surface area contributed by atoms with Gasteiger partial charge in [0, 0.05) is 6.54 Å². The molecule has 2 rings (SSSR count). The van der Waals surface area contributed by atoms with E-state index in [-0.39, 0.29) is 0 Å². The minimum Gasteiger partial charge on any atom is -0.359 e. The molecule has 0 aromatic carbocycles. The molecule has 0 spiro atoms. The predicted molar refractivity (Wildman–Crippen MR) is 39.7 cm³/mol. The van der Waals surface area contributed by atoms with Gasteiger partial charge in [-0.25, -0.2) is 0 Å². The second-order valence-electron chi connectivity index (χ2n) is 3.47. The van der Waals surface area contributed by atoms with Gasteiger partial charge in [-0.1, -0.05) is 6.42 Å². The van der Waals surface area contributed by atoms with E-state index >= 15 is 0 Å². The lowest BCUT2D eigenvalue weighted by Crippen LogP contribution is -2.35. The van der Waals surface area contributed by atoms with Crippen molar-refractivity contribution in [3.8, 4) is 0 Å². The summed E-state index contributed by atoms with van der Waals surface area (Å²) in [6.07, 6.45) is 4.96. The maximum Gasteiger partial charge on any atom is 0.111 e. The molecule has 1 aliphatic carbocycles. The molecule has 2 nitrogen and oxygen atoms in total. The third kappa shape index (κ3) is 1.06. The summed E-state index contributed by atoms with van der Waals surface area (Å²) in [6.45, 7) is 3.17. The van der Waals surface area contributed by atoms with Gasteiger partial charge in [-0.05, 0) is 25.7 Å². The van der Waals surface area contributed by atoms with Crippen molar-refractivity contribution in [3.63, 3.8) is 0 Å². The Morgan fingerprint density at radius 3 is 2.60 bits per heavy atom. The van der Waals surface area contributed by atoms with Crippen LogP contribution in [-0.2, 0) is 4.74 Å². The Morgan fingerprint density at radius 2 is 2.20 bits per heavy atom. The molecule has 1 aliphatic heterocycles. The monoisotopic (exact) mass is 141 g/mol. The van der Waals surface area contributed by atoms with Crippen LogP contribution in [0.5, 0.6) is 0 Å². The third-order valence-corrected chi connectivity index (χ3v) is 2.56. The summed E-state index contributed by atoms with van der Waals surface area (Å²) in [5.74, 6) is 0.824. The van der Waals surface area contributed by atoms with Crippen LogP contribution in [0.3, 0.4) is 0 Å². The summed E-state index contributed by atoms with van der Waals surface area (Å²) in [4.78, 5) is 0. The lowest BCUT2D eigenvalue weighted by molar-refractivity contribution is -0.0120. The second kappa shape index (κ2) is 2.51. The van der Waals surface area contributed by atoms with Gasteiger partial charge in [0.2, 0.25) is 0 Å². The number of nitrogens with one attached hydrogen (secondary N) is 1. The minimum absolute atomic E-state index is 0.392. The van der Waals surface area contributed by atoms with Crippen molar-refractivity contribution in [2.24, 2.45) is 5.92 Å². The molecule has 2 heteroatoms. The SMILES string of the molecule is CC1CNC(C2CCC2)O1. The van der Waals surface area contributed by atoms with Crippen LogP contribution in [0.1, 0.15) is 26.2 Å². The van der Waals surface area contributed by atoms with Crippen LogP contribution in [0.2, 0.25) is 0 Å². The van der Waals surface area contributed by atoms with E-state index in [2.05, 4.69) is 12.2 Å². The molecule has 1 saturated heterocycles. The number of hydrogen-bond acceptors (Lipinski definition) is 2. The van der Waals surface area contributed by atoms with Gasteiger partial charge in [-0.15, -0.1) is 0 Å². The molecule has 2 fully saturated rings. The fraction of sp³-hybridized carbons (Fsp3) is 1.00. The fourth-order valence-corrected chi connectivity index (χ4v) is 1.65. The van der Waals surface area contributed by atoms with E-state index in [1.165, 1.54) is 19.3 Å². The van der Waals surface area contributed by atoms with E-state index in [0.717, 1.165) is 12.5 Å². The van der Waals surface area contributed by atoms with Crippen LogP contribution in [0.4, 0.5) is 0 Å². The molecule has 2 aliphatic rings. The Labute approximate surface area is 61.9 Å². The van der Waals surface area contributed by atoms with Gasteiger partial charge in [0.25, 0.3) is 0 Å². The van der Waals surface area contributed by atoms with Crippen LogP contribution in [0.15, 0.2) is 0 Å². The molecular formula is C8H15NO. The van der Waals surface area contributed by atoms with E-state index in [4.69, 9.17) is 4.74 Å². The van der Waals surface area contributed by atoms with Crippen LogP contribution >= 0.6 is 0 Å². The normalized spacial score (nSPS) is 41.7. The molecule has 10 heavy (non-hydrogen) atoms. The summed E-state index contributed by atoms with van der Waals surface area (Å²) in [7, 11) is 0. The first-order valence-corrected chi connectivity index (χ1v) is 4.25. The molecule has 0 aromatic heterocycles. The van der Waals surface area contributed by atoms with Gasteiger partial charge in [-0.2, -0.15) is 0 Å². The van der Waals surface area contributed by atoms with Gasteiger partial charge < -0.3 is 4.74 Å². The van der Waals surface area contributed by atoms with Crippen molar-refractivity contribution in [2.45, 2.75) is 38.5 Å². The maximum absolute atomic E-state index is 5.65. The summed E-state index contributed by atoms with van der Waals surface area (Å²) in [5, 5.41) is 3.39. The lowest BCUT2D eigenvalue weighted by Gasteiger charge is -2.30. The Kier molecular flexibility index (Phi) is 1.66. The highest BCUT2D eigenvalue weighted by Gasteiger charge is 2.32. The highest BCUT2D eigenvalue weighted by Crippen LogP contribution is 2.31. The number of hydrogen-bond donors (Lipinski definition) is 1. The quantitative estimate of drug-likeness (QED) is 0.591. The summed E-state index contributed by atoms with van der Waals surface area (Å²) >= 11 is 0. The van der Waals surface area contributed by atoms with E-state index in [1.807, 2.05) is 0 Å². The molecule has 0 bridgehead atoms. The Hall–Kier alpha value is -0.0800. The van der Waals surface area contributed by atoms with E-state index < -0.39 is 0 Å². The predicted octanol–water partition coefficient (Wildman–Crippen LogP) is 1.12. The Balaban J connectivity index is 1.82. The summed E-state index contributed by atoms with van der Waals surface area (Å²) < 4.78 is 5.65. The van der Waals surface area contributed by atoms with Gasteiger partial charge in [-0.3, -0.25) is 5.32 Å². The number of rotatable bonds is 1. The third-order valence-electron chi connectivity index (χ3n) is 2.56. The van der Waals surface area contributed by atoms with Crippen molar-refractivity contribution in [1.82, 2.24) is 5.32 Å². The van der Waals surface area contributed by atoms with E-state index in [0.29, 0.717) is 12.3 Å². The van der Waals surface area contributed by atoms with Crippen LogP contribution in [0.25, 0.3) is 0 Å². The van der Waals surface area contributed by atoms with Gasteiger partial charge in [0.05, 0.1) is 6.10 Å². The van der Waals surface area contributed by atoms with E-state index in [9.17, 15) is 0 Å². The van der Waals surface area contributed by atoms with Crippen molar-refractivity contribution in [1.29, 1.82) is 0 Å². The lowest BCUT2D eigenvalue weighted by atomic mass is 9.84. The molecule has 1 saturated carbocycles. The van der Waals surface area contributed by atoms with Crippen LogP contribution in [-0.4, -0.2) is 18.9 Å². The standard InChI is InChI=1S/C8H15NO/c1-6-5-9-8(10-6)7-3-2-4-7/h6-9H,2-5H2,1H3. The molecule has 2 atom stereocenters. The Morgan fingerprint density at radius 1 is 1.40 bits per heavy atom. The van der Waals surface area contributed by atoms with E-state index in [1.54, 1.807) is 0 Å². The molecule has 0 aromatic rings. The second-order valence-corrected chi connectivity index (χ2v) is 3.47. The van der Waals surface area contributed by atoms with Gasteiger partial charge in [0.15, 0.2) is 0 Å². The van der Waals surface area contributed by atoms with Crippen LogP contribution in [0, 0.1) is 5.92 Å². The molecule has 1 N–H and O–H groups in total. The zero-order chi connectivity index (χ0) is 6.97. The average molecular weight is 141 g/mol. The first kappa shape index (κ1) is 6.62. The zero-order valence-electron chi connectivity index (χ0n) is 6.47. The smallest absolute Gasteiger partial charge is 0.111 e. The largest absolute Gasteiger partial charge is 0.359 e. The maximum atomic E-state index is 5.65. The van der Waals surface area contributed by atoms with Crippen molar-refractivity contribution in [2.75, 3.05) is 6.54 Å². The van der Waals surface area contributed by atoms with Gasteiger partial charge in [0.1, 0.15) is 6.23 Å². The van der Waals surface area contributed by atoms with Crippen molar-refractivity contribution < 1.29 is 4.74 Å². The van der Waals surface area contributed by atoms with Crippen LogP contribution < -0.4 is 5.32 Å². The topological polar surface area (TPSA) is 21.3 Å². The first-order chi connectivity index (χ1) is 4.86. The highest BCUT2D eigenvalue weighted by molar-refractivity contribution is 4.81. The molecule has 0 amide bonds. The molecule has 0 radical (unpaired) electrons. The fourth-order valence-electron chi connectivity index (χ4n) is 1.65. The van der Waals surface area contributed by atoms with Gasteiger partial charge >= 0.3 is 0 Å². The Bertz CT molecular complexity index is 122. The average Bonchev–Trinajstić information content (AvgIpc) is 2.10. The first-order valence-electron chi connectivity index (χ1n) is 4.25. The van der Waals surface area contributed by atoms with Crippen molar-refractivity contribution in [3.05, 3.63) is 0 Å².